The Morgan fingerprint density at radius 3 is 2.89 bits per heavy atom. The minimum atomic E-state index is -0.161. The first-order valence-electron chi connectivity index (χ1n) is 6.06. The van der Waals surface area contributed by atoms with Crippen molar-refractivity contribution in [3.05, 3.63) is 35.6 Å². The fourth-order valence-corrected chi connectivity index (χ4v) is 1.83. The first-order valence-corrected chi connectivity index (χ1v) is 6.06. The van der Waals surface area contributed by atoms with E-state index in [1.54, 1.807) is 0 Å². The van der Waals surface area contributed by atoms with Gasteiger partial charge < -0.3 is 14.2 Å². The number of rotatable bonds is 4. The number of allylic oxidation sites excluding steroid dienone is 1. The molecule has 2 heterocycles. The summed E-state index contributed by atoms with van der Waals surface area (Å²) in [6, 6.07) is 7.71. The van der Waals surface area contributed by atoms with Gasteiger partial charge in [0.2, 0.25) is 0 Å². The van der Waals surface area contributed by atoms with E-state index in [0.29, 0.717) is 25.2 Å². The molecule has 18 heavy (non-hydrogen) atoms. The number of cyclic esters (lactones) is 1. The summed E-state index contributed by atoms with van der Waals surface area (Å²) < 4.78 is 15.9. The number of benzene rings is 1. The molecule has 0 spiro atoms. The van der Waals surface area contributed by atoms with Gasteiger partial charge in [0, 0.05) is 12.0 Å². The number of hydrogen-bond acceptors (Lipinski definition) is 4. The Kier molecular flexibility index (Phi) is 3.02. The second-order valence-corrected chi connectivity index (χ2v) is 4.39. The van der Waals surface area contributed by atoms with Crippen LogP contribution in [0.4, 0.5) is 0 Å². The molecule has 0 bridgehead atoms. The van der Waals surface area contributed by atoms with Gasteiger partial charge in [0.15, 0.2) is 0 Å². The van der Waals surface area contributed by atoms with E-state index in [1.165, 1.54) is 0 Å². The topological polar surface area (TPSA) is 48.1 Å². The molecule has 0 amide bonds. The summed E-state index contributed by atoms with van der Waals surface area (Å²) in [4.78, 5) is 11.0. The van der Waals surface area contributed by atoms with E-state index >= 15 is 0 Å². The summed E-state index contributed by atoms with van der Waals surface area (Å²) in [6.07, 6.45) is 3.23. The molecule has 4 nitrogen and oxygen atoms in total. The lowest BCUT2D eigenvalue weighted by molar-refractivity contribution is -0.135. The third-order valence-corrected chi connectivity index (χ3v) is 2.88. The Bertz CT molecular complexity index is 488. The number of esters is 1. The maximum Gasteiger partial charge on any atom is 0.311 e. The molecule has 2 aliphatic heterocycles. The first kappa shape index (κ1) is 11.3. The zero-order chi connectivity index (χ0) is 12.4. The Balaban J connectivity index is 1.75. The predicted molar refractivity (Wildman–Crippen MR) is 65.0 cm³/mol. The van der Waals surface area contributed by atoms with Gasteiger partial charge in [0.05, 0.1) is 13.0 Å². The van der Waals surface area contributed by atoms with Gasteiger partial charge in [-0.15, -0.1) is 0 Å². The van der Waals surface area contributed by atoms with Crippen LogP contribution >= 0.6 is 0 Å². The Morgan fingerprint density at radius 2 is 2.17 bits per heavy atom. The van der Waals surface area contributed by atoms with Crippen LogP contribution in [0, 0.1) is 0 Å². The van der Waals surface area contributed by atoms with Crippen molar-refractivity contribution in [2.45, 2.75) is 18.9 Å². The third-order valence-electron chi connectivity index (χ3n) is 2.88. The van der Waals surface area contributed by atoms with E-state index in [4.69, 9.17) is 14.2 Å². The summed E-state index contributed by atoms with van der Waals surface area (Å²) in [6.45, 7) is 1.35. The highest BCUT2D eigenvalue weighted by atomic mass is 16.6. The van der Waals surface area contributed by atoms with Gasteiger partial charge in [-0.25, -0.2) is 0 Å². The van der Waals surface area contributed by atoms with Gasteiger partial charge >= 0.3 is 5.97 Å². The molecule has 2 aliphatic rings. The van der Waals surface area contributed by atoms with Crippen LogP contribution < -0.4 is 4.74 Å². The van der Waals surface area contributed by atoms with Gasteiger partial charge in [0.25, 0.3) is 0 Å². The van der Waals surface area contributed by atoms with E-state index < -0.39 is 0 Å². The molecule has 2 fully saturated rings. The van der Waals surface area contributed by atoms with Gasteiger partial charge in [-0.3, -0.25) is 4.79 Å². The molecule has 0 aliphatic carbocycles. The van der Waals surface area contributed by atoms with Gasteiger partial charge in [0.1, 0.15) is 24.2 Å². The highest BCUT2D eigenvalue weighted by Crippen LogP contribution is 2.26. The molecule has 2 saturated heterocycles. The van der Waals surface area contributed by atoms with Crippen molar-refractivity contribution in [3.63, 3.8) is 0 Å². The molecule has 0 N–H and O–H groups in total. The lowest BCUT2D eigenvalue weighted by Crippen LogP contribution is -2.04. The third kappa shape index (κ3) is 2.71. The Hall–Kier alpha value is -1.81. The van der Waals surface area contributed by atoms with Gasteiger partial charge in [-0.05, 0) is 12.1 Å². The number of carbonyl (C=O) groups is 1. The molecule has 0 saturated carbocycles. The van der Waals surface area contributed by atoms with Crippen molar-refractivity contribution < 1.29 is 19.0 Å². The number of carbonyl (C=O) groups excluding carboxylic acids is 1. The van der Waals surface area contributed by atoms with Crippen molar-refractivity contribution in [3.8, 4) is 5.75 Å². The van der Waals surface area contributed by atoms with Crippen LogP contribution in [0.3, 0.4) is 0 Å². The van der Waals surface area contributed by atoms with Crippen molar-refractivity contribution in [2.75, 3.05) is 13.2 Å². The van der Waals surface area contributed by atoms with Crippen LogP contribution in [0.25, 0.3) is 6.08 Å². The summed E-state index contributed by atoms with van der Waals surface area (Å²) in [5, 5.41) is 0. The lowest BCUT2D eigenvalue weighted by Gasteiger charge is -2.08. The molecule has 1 aromatic rings. The molecular formula is C14H14O4. The Morgan fingerprint density at radius 1 is 1.33 bits per heavy atom. The second kappa shape index (κ2) is 4.82. The number of hydrogen-bond donors (Lipinski definition) is 0. The zero-order valence-corrected chi connectivity index (χ0v) is 9.93. The van der Waals surface area contributed by atoms with Crippen LogP contribution in [-0.2, 0) is 14.3 Å². The van der Waals surface area contributed by atoms with Crippen LogP contribution in [0.5, 0.6) is 5.75 Å². The minimum absolute atomic E-state index is 0.161. The van der Waals surface area contributed by atoms with E-state index in [1.807, 2.05) is 30.3 Å². The lowest BCUT2D eigenvalue weighted by atomic mass is 10.1. The number of para-hydroxylation sites is 1. The fourth-order valence-electron chi connectivity index (χ4n) is 1.83. The van der Waals surface area contributed by atoms with Crippen LogP contribution in [0.2, 0.25) is 0 Å². The maximum absolute atomic E-state index is 11.0. The summed E-state index contributed by atoms with van der Waals surface area (Å²) in [5.41, 5.74) is 0.933. The standard InChI is InChI=1S/C14H14O4/c15-14-6-5-11(18-14)7-10-3-1-2-4-13(10)17-9-12-8-16-12/h1-4,7,12H,5-6,8-9H2. The first-order chi connectivity index (χ1) is 8.81. The molecule has 0 radical (unpaired) electrons. The normalized spacial score (nSPS) is 24.1. The summed E-state index contributed by atoms with van der Waals surface area (Å²) in [7, 11) is 0. The smallest absolute Gasteiger partial charge is 0.311 e. The van der Waals surface area contributed by atoms with Crippen molar-refractivity contribution in [1.29, 1.82) is 0 Å². The van der Waals surface area contributed by atoms with Crippen molar-refractivity contribution in [1.82, 2.24) is 0 Å². The highest BCUT2D eigenvalue weighted by Gasteiger charge is 2.23. The average Bonchev–Trinajstić information content (AvgIpc) is 3.12. The second-order valence-electron chi connectivity index (χ2n) is 4.39. The largest absolute Gasteiger partial charge is 0.490 e. The predicted octanol–water partition coefficient (Wildman–Crippen LogP) is 2.14. The number of ether oxygens (including phenoxy) is 3. The maximum atomic E-state index is 11.0. The molecule has 1 atom stereocenters. The molecule has 94 valence electrons. The van der Waals surface area contributed by atoms with E-state index in [2.05, 4.69) is 0 Å². The van der Waals surface area contributed by atoms with Gasteiger partial charge in [-0.2, -0.15) is 0 Å². The molecule has 0 aromatic heterocycles. The molecular weight excluding hydrogens is 232 g/mol. The van der Waals surface area contributed by atoms with Crippen molar-refractivity contribution in [2.24, 2.45) is 0 Å². The monoisotopic (exact) mass is 246 g/mol. The summed E-state index contributed by atoms with van der Waals surface area (Å²) in [5.74, 6) is 1.34. The minimum Gasteiger partial charge on any atom is -0.490 e. The van der Waals surface area contributed by atoms with E-state index in [9.17, 15) is 4.79 Å². The van der Waals surface area contributed by atoms with Crippen LogP contribution in [0.1, 0.15) is 18.4 Å². The number of epoxide rings is 1. The van der Waals surface area contributed by atoms with Gasteiger partial charge in [-0.1, -0.05) is 18.2 Å². The molecule has 1 unspecified atom stereocenters. The van der Waals surface area contributed by atoms with Crippen LogP contribution in [0.15, 0.2) is 30.0 Å². The molecule has 1 aromatic carbocycles. The average molecular weight is 246 g/mol. The highest BCUT2D eigenvalue weighted by molar-refractivity contribution is 5.75. The fraction of sp³-hybridized carbons (Fsp3) is 0.357. The molecule has 3 rings (SSSR count). The van der Waals surface area contributed by atoms with E-state index in [-0.39, 0.29) is 12.1 Å². The Labute approximate surface area is 105 Å². The summed E-state index contributed by atoms with van der Waals surface area (Å²) >= 11 is 0. The molecule has 4 heteroatoms. The quantitative estimate of drug-likeness (QED) is 0.603. The SMILES string of the molecule is O=C1CCC(=Cc2ccccc2OCC2CO2)O1. The van der Waals surface area contributed by atoms with Crippen LogP contribution in [-0.4, -0.2) is 25.3 Å². The van der Waals surface area contributed by atoms with Crippen molar-refractivity contribution >= 4 is 12.0 Å². The zero-order valence-electron chi connectivity index (χ0n) is 9.93. The van der Waals surface area contributed by atoms with E-state index in [0.717, 1.165) is 17.9 Å².